The van der Waals surface area contributed by atoms with Crippen molar-refractivity contribution in [1.29, 1.82) is 0 Å². The van der Waals surface area contributed by atoms with E-state index in [1.54, 1.807) is 0 Å². The zero-order valence-corrected chi connectivity index (χ0v) is 19.2. The zero-order valence-electron chi connectivity index (χ0n) is 18.2. The Kier molecular flexibility index (Phi) is 6.96. The van der Waals surface area contributed by atoms with Gasteiger partial charge in [-0.05, 0) is 47.5 Å². The third-order valence-electron chi connectivity index (χ3n) is 6.11. The van der Waals surface area contributed by atoms with Crippen LogP contribution in [0.2, 0.25) is 5.04 Å². The van der Waals surface area contributed by atoms with Gasteiger partial charge in [0.2, 0.25) is 0 Å². The fourth-order valence-corrected chi connectivity index (χ4v) is 9.35. The highest BCUT2D eigenvalue weighted by Crippen LogP contribution is 2.39. The van der Waals surface area contributed by atoms with Crippen LogP contribution in [0.15, 0.2) is 60.7 Å². The van der Waals surface area contributed by atoms with E-state index in [9.17, 15) is 4.79 Å². The fourth-order valence-electron chi connectivity index (χ4n) is 4.70. The van der Waals surface area contributed by atoms with E-state index in [0.717, 1.165) is 19.3 Å². The molecule has 3 rings (SSSR count). The lowest BCUT2D eigenvalue weighted by Crippen LogP contribution is -2.66. The lowest BCUT2D eigenvalue weighted by molar-refractivity contribution is -0.147. The molecule has 0 heterocycles. The lowest BCUT2D eigenvalue weighted by atomic mass is 10.1. The summed E-state index contributed by atoms with van der Waals surface area (Å²) in [6.07, 6.45) is 2.81. The highest BCUT2D eigenvalue weighted by molar-refractivity contribution is 6.99. The summed E-state index contributed by atoms with van der Waals surface area (Å²) in [5.74, 6) is 0.397. The van der Waals surface area contributed by atoms with E-state index in [0.29, 0.717) is 19.1 Å². The summed E-state index contributed by atoms with van der Waals surface area (Å²) in [6.45, 7) is 9.93. The standard InChI is InChI=1S/C25H34O3Si/c1-5-27-24(26)21-17-16-20(18-21)19-28-29(25(2,3)4,22-12-8-6-9-13-22)23-14-10-7-11-15-23/h6-15,20-21H,5,16-19H2,1-4H3/t20-,21+/m0/s1. The second-order valence-corrected chi connectivity index (χ2v) is 13.4. The fraction of sp³-hybridized carbons (Fsp3) is 0.480. The molecule has 0 radical (unpaired) electrons. The van der Waals surface area contributed by atoms with Gasteiger partial charge in [0.25, 0.3) is 8.32 Å². The smallest absolute Gasteiger partial charge is 0.308 e. The Morgan fingerprint density at radius 1 is 0.966 bits per heavy atom. The normalized spacial score (nSPS) is 19.9. The van der Waals surface area contributed by atoms with E-state index in [-0.39, 0.29) is 16.9 Å². The monoisotopic (exact) mass is 410 g/mol. The van der Waals surface area contributed by atoms with Crippen molar-refractivity contribution < 1.29 is 14.0 Å². The average Bonchev–Trinajstić information content (AvgIpc) is 3.18. The van der Waals surface area contributed by atoms with Crippen LogP contribution in [-0.2, 0) is 14.0 Å². The molecule has 0 saturated heterocycles. The van der Waals surface area contributed by atoms with Gasteiger partial charge < -0.3 is 9.16 Å². The highest BCUT2D eigenvalue weighted by Gasteiger charge is 2.50. The minimum atomic E-state index is -2.50. The minimum absolute atomic E-state index is 0.0190. The van der Waals surface area contributed by atoms with Gasteiger partial charge in [-0.2, -0.15) is 0 Å². The molecule has 2 aromatic rings. The first-order chi connectivity index (χ1) is 13.9. The Hall–Kier alpha value is -1.91. The number of hydrogen-bond donors (Lipinski definition) is 0. The first-order valence-corrected chi connectivity index (χ1v) is 12.7. The molecule has 3 nitrogen and oxygen atoms in total. The summed E-state index contributed by atoms with van der Waals surface area (Å²) in [6, 6.07) is 21.5. The van der Waals surface area contributed by atoms with Crippen molar-refractivity contribution in [1.82, 2.24) is 0 Å². The molecule has 1 aliphatic rings. The van der Waals surface area contributed by atoms with Crippen LogP contribution in [-0.4, -0.2) is 27.5 Å². The molecular formula is C25H34O3Si. The van der Waals surface area contributed by atoms with Gasteiger partial charge in [0.05, 0.1) is 12.5 Å². The maximum absolute atomic E-state index is 12.1. The topological polar surface area (TPSA) is 35.5 Å². The Balaban J connectivity index is 1.88. The van der Waals surface area contributed by atoms with E-state index in [1.807, 2.05) is 6.92 Å². The van der Waals surface area contributed by atoms with Crippen LogP contribution in [0, 0.1) is 11.8 Å². The molecule has 2 aromatic carbocycles. The van der Waals surface area contributed by atoms with Crippen molar-refractivity contribution in [3.63, 3.8) is 0 Å². The van der Waals surface area contributed by atoms with Crippen molar-refractivity contribution in [3.05, 3.63) is 60.7 Å². The van der Waals surface area contributed by atoms with Crippen LogP contribution in [0.25, 0.3) is 0 Å². The maximum atomic E-state index is 12.1. The third-order valence-corrected chi connectivity index (χ3v) is 11.1. The summed E-state index contributed by atoms with van der Waals surface area (Å²) in [5, 5.41) is 2.59. The first kappa shape index (κ1) is 21.8. The summed E-state index contributed by atoms with van der Waals surface area (Å²) in [7, 11) is -2.50. The molecule has 0 spiro atoms. The molecule has 0 aromatic heterocycles. The zero-order chi connectivity index (χ0) is 20.9. The molecule has 1 aliphatic carbocycles. The summed E-state index contributed by atoms with van der Waals surface area (Å²) < 4.78 is 12.3. The van der Waals surface area contributed by atoms with Crippen LogP contribution in [0.5, 0.6) is 0 Å². The third kappa shape index (κ3) is 4.64. The van der Waals surface area contributed by atoms with Gasteiger partial charge in [-0.15, -0.1) is 0 Å². The van der Waals surface area contributed by atoms with E-state index >= 15 is 0 Å². The van der Waals surface area contributed by atoms with Crippen molar-refractivity contribution in [2.75, 3.05) is 13.2 Å². The number of esters is 1. The number of carbonyl (C=O) groups excluding carboxylic acids is 1. The van der Waals surface area contributed by atoms with Crippen LogP contribution in [0.1, 0.15) is 47.0 Å². The lowest BCUT2D eigenvalue weighted by Gasteiger charge is -2.43. The highest BCUT2D eigenvalue weighted by atomic mass is 28.4. The molecule has 0 aliphatic heterocycles. The van der Waals surface area contributed by atoms with E-state index < -0.39 is 8.32 Å². The quantitative estimate of drug-likeness (QED) is 0.496. The Labute approximate surface area is 176 Å². The number of hydrogen-bond acceptors (Lipinski definition) is 3. The number of carbonyl (C=O) groups is 1. The molecule has 0 unspecified atom stereocenters. The number of ether oxygens (including phenoxy) is 1. The van der Waals surface area contributed by atoms with Crippen molar-refractivity contribution in [3.8, 4) is 0 Å². The van der Waals surface area contributed by atoms with E-state index in [1.165, 1.54) is 10.4 Å². The molecule has 29 heavy (non-hydrogen) atoms. The van der Waals surface area contributed by atoms with E-state index in [2.05, 4.69) is 81.4 Å². The molecule has 0 amide bonds. The van der Waals surface area contributed by atoms with Crippen molar-refractivity contribution in [2.45, 2.75) is 52.0 Å². The average molecular weight is 411 g/mol. The molecule has 0 N–H and O–H groups in total. The van der Waals surface area contributed by atoms with Gasteiger partial charge in [-0.3, -0.25) is 4.79 Å². The molecule has 4 heteroatoms. The Morgan fingerprint density at radius 2 is 1.52 bits per heavy atom. The SMILES string of the molecule is CCOC(=O)[C@@H]1CC[C@H](CO[Si](c2ccccc2)(c2ccccc2)C(C)(C)C)C1. The van der Waals surface area contributed by atoms with Gasteiger partial charge in [0, 0.05) is 6.61 Å². The van der Waals surface area contributed by atoms with E-state index in [4.69, 9.17) is 9.16 Å². The minimum Gasteiger partial charge on any atom is -0.466 e. The summed E-state index contributed by atoms with van der Waals surface area (Å²) in [4.78, 5) is 12.1. The van der Waals surface area contributed by atoms with Crippen molar-refractivity contribution >= 4 is 24.7 Å². The predicted molar refractivity (Wildman–Crippen MR) is 121 cm³/mol. The molecule has 0 bridgehead atoms. The molecule has 1 fully saturated rings. The number of benzene rings is 2. The van der Waals surface area contributed by atoms with Crippen molar-refractivity contribution in [2.24, 2.45) is 11.8 Å². The van der Waals surface area contributed by atoms with Gasteiger partial charge in [-0.25, -0.2) is 0 Å². The largest absolute Gasteiger partial charge is 0.466 e. The molecule has 2 atom stereocenters. The molecular weight excluding hydrogens is 376 g/mol. The second kappa shape index (κ2) is 9.27. The summed E-state index contributed by atoms with van der Waals surface area (Å²) in [5.41, 5.74) is 0. The van der Waals surface area contributed by atoms with Crippen LogP contribution in [0.4, 0.5) is 0 Å². The number of rotatable bonds is 7. The van der Waals surface area contributed by atoms with Crippen LogP contribution in [0.3, 0.4) is 0 Å². The van der Waals surface area contributed by atoms with Gasteiger partial charge in [-0.1, -0.05) is 81.4 Å². The molecule has 156 valence electrons. The Bertz CT molecular complexity index is 743. The van der Waals surface area contributed by atoms with Crippen LogP contribution >= 0.6 is 0 Å². The molecule has 1 saturated carbocycles. The predicted octanol–water partition coefficient (Wildman–Crippen LogP) is 4.54. The maximum Gasteiger partial charge on any atom is 0.308 e. The Morgan fingerprint density at radius 3 is 2.00 bits per heavy atom. The van der Waals surface area contributed by atoms with Gasteiger partial charge in [0.15, 0.2) is 0 Å². The summed E-state index contributed by atoms with van der Waals surface area (Å²) >= 11 is 0. The van der Waals surface area contributed by atoms with Gasteiger partial charge >= 0.3 is 5.97 Å². The first-order valence-electron chi connectivity index (χ1n) is 10.8. The van der Waals surface area contributed by atoms with Crippen LogP contribution < -0.4 is 10.4 Å². The second-order valence-electron chi connectivity index (χ2n) is 9.10. The van der Waals surface area contributed by atoms with Gasteiger partial charge in [0.1, 0.15) is 0 Å².